The Balaban J connectivity index is 0. The molecule has 0 unspecified atom stereocenters. The van der Waals surface area contributed by atoms with Crippen LogP contribution < -0.4 is 24.0 Å². The van der Waals surface area contributed by atoms with Crippen LogP contribution in [0.1, 0.15) is 0 Å². The maximum absolute atomic E-state index is 3.64. The summed E-state index contributed by atoms with van der Waals surface area (Å²) >= 11 is -0.878. The largest absolute Gasteiger partial charge is 1.00 e. The topological polar surface area (TPSA) is 0 Å². The van der Waals surface area contributed by atoms with Gasteiger partial charge in [0.1, 0.15) is 0 Å². The Hall–Kier alpha value is 1.000. The van der Waals surface area contributed by atoms with Crippen LogP contribution in [0.15, 0.2) is 21.4 Å². The van der Waals surface area contributed by atoms with Gasteiger partial charge in [0.25, 0.3) is 0 Å². The Morgan fingerprint density at radius 1 is 1.29 bits per heavy atom. The quantitative estimate of drug-likeness (QED) is 0.432. The smallest absolute Gasteiger partial charge is 1.00 e. The summed E-state index contributed by atoms with van der Waals surface area (Å²) in [5, 5.41) is 0. The van der Waals surface area contributed by atoms with E-state index in [1.54, 1.807) is 0 Å². The van der Waals surface area contributed by atoms with Crippen LogP contribution >= 0.6 is 0 Å². The Bertz CT molecular complexity index is 53.1. The molecular weight excluding hydrogens is 315 g/mol. The third-order valence-corrected chi connectivity index (χ3v) is 3.53. The van der Waals surface area contributed by atoms with Crippen molar-refractivity contribution in [2.45, 2.75) is 4.97 Å². The first kappa shape index (κ1) is 10.9. The first-order valence-corrected chi connectivity index (χ1v) is 6.72. The van der Waals surface area contributed by atoms with Gasteiger partial charge in [0.15, 0.2) is 0 Å². The van der Waals surface area contributed by atoms with Crippen LogP contribution in [0.5, 0.6) is 0 Å². The van der Waals surface area contributed by atoms with Crippen molar-refractivity contribution in [3.05, 3.63) is 21.4 Å². The normalized spacial score (nSPS) is 7.14. The molecule has 42 valence electrons. The fraction of sp³-hybridized carbons (Fsp3) is 0.200. The van der Waals surface area contributed by atoms with Gasteiger partial charge in [-0.05, 0) is 0 Å². The maximum atomic E-state index is 3.64. The third kappa shape index (κ3) is 7.00. The molecule has 0 nitrogen and oxygen atoms in total. The zero-order chi connectivity index (χ0) is 4.99. The molecule has 0 N–H and O–H groups in total. The second-order valence-corrected chi connectivity index (χ2v) is 6.31. The Morgan fingerprint density at radius 3 is 1.57 bits per heavy atom. The van der Waals surface area contributed by atoms with Gasteiger partial charge >= 0.3 is 45.9 Å². The van der Waals surface area contributed by atoms with Crippen molar-refractivity contribution < 1.29 is 24.0 Å². The van der Waals surface area contributed by atoms with Crippen molar-refractivity contribution in [2.75, 3.05) is 0 Å². The van der Waals surface area contributed by atoms with Crippen molar-refractivity contribution in [2.24, 2.45) is 0 Å². The van der Waals surface area contributed by atoms with E-state index < -0.39 is 19.6 Å². The molecule has 0 bridgehead atoms. The average Bonchev–Trinajstić information content (AvgIpc) is 1.65. The zero-order valence-electron chi connectivity index (χ0n) is 4.36. The van der Waals surface area contributed by atoms with Crippen LogP contribution in [0.4, 0.5) is 0 Å². The van der Waals surface area contributed by atoms with Crippen molar-refractivity contribution in [3.8, 4) is 0 Å². The van der Waals surface area contributed by atoms with E-state index in [0.717, 1.165) is 0 Å². The van der Waals surface area contributed by atoms with Crippen LogP contribution in [0.2, 0.25) is 4.97 Å². The van der Waals surface area contributed by atoms with E-state index in [1.807, 2.05) is 8.25 Å². The van der Waals surface area contributed by atoms with Gasteiger partial charge in [-0.15, -0.1) is 0 Å². The van der Waals surface area contributed by atoms with E-state index in [0.29, 0.717) is 0 Å². The van der Waals surface area contributed by atoms with Crippen LogP contribution in [0.3, 0.4) is 0 Å². The summed E-state index contributed by atoms with van der Waals surface area (Å²) in [5.41, 5.74) is 0. The van der Waals surface area contributed by atoms with Crippen molar-refractivity contribution in [3.63, 3.8) is 0 Å². The summed E-state index contributed by atoms with van der Waals surface area (Å²) in [6, 6.07) is 0. The molecule has 2 heteroatoms. The van der Waals surface area contributed by atoms with E-state index in [-0.39, 0.29) is 24.0 Å². The van der Waals surface area contributed by atoms with Gasteiger partial charge < -0.3 is 24.0 Å². The minimum Gasteiger partial charge on any atom is -1.00 e. The number of halogens is 1. The molecule has 0 heterocycles. The van der Waals surface area contributed by atoms with Crippen LogP contribution in [0, 0.1) is 0 Å². The zero-order valence-corrected chi connectivity index (χ0v) is 8.84. The molecule has 0 spiro atoms. The van der Waals surface area contributed by atoms with Gasteiger partial charge in [-0.2, -0.15) is 0 Å². The van der Waals surface area contributed by atoms with Crippen LogP contribution in [-0.2, 0) is 0 Å². The molecule has 0 fully saturated rings. The number of rotatable bonds is 2. The Morgan fingerprint density at radius 2 is 1.57 bits per heavy atom. The molecule has 0 aliphatic heterocycles. The summed E-state index contributed by atoms with van der Waals surface area (Å²) in [4.78, 5) is 2.21. The SMILES string of the molecule is C=C[Te+](C)C=C.[I-]. The van der Waals surface area contributed by atoms with E-state index in [1.165, 1.54) is 0 Å². The van der Waals surface area contributed by atoms with E-state index in [4.69, 9.17) is 0 Å². The molecule has 0 radical (unpaired) electrons. The standard InChI is InChI=1S/C5H9Te.HI/c1-4-6(3)5-2;/h4-5H,1-2H2,3H3;1H/q+1;/p-1. The van der Waals surface area contributed by atoms with E-state index in [2.05, 4.69) is 18.1 Å². The molecule has 0 aromatic carbocycles. The van der Waals surface area contributed by atoms with Gasteiger partial charge in [0.2, 0.25) is 0 Å². The average molecular weight is 324 g/mol. The second-order valence-electron chi connectivity index (χ2n) is 0.941. The molecule has 0 saturated heterocycles. The molecule has 0 saturated carbocycles. The number of hydrogen-bond acceptors (Lipinski definition) is 0. The molecule has 0 amide bonds. The maximum Gasteiger partial charge on any atom is -1.00 e. The predicted molar refractivity (Wildman–Crippen MR) is 32.0 cm³/mol. The molecule has 7 heavy (non-hydrogen) atoms. The van der Waals surface area contributed by atoms with Gasteiger partial charge in [-0.3, -0.25) is 0 Å². The molecule has 0 aromatic heterocycles. The first-order valence-electron chi connectivity index (χ1n) is 1.70. The predicted octanol–water partition coefficient (Wildman–Crippen LogP) is -1.43. The summed E-state index contributed by atoms with van der Waals surface area (Å²) < 4.78 is 4.05. The van der Waals surface area contributed by atoms with Crippen LogP contribution in [-0.4, -0.2) is 19.6 Å². The second kappa shape index (κ2) is 7.00. The molecule has 0 atom stereocenters. The Kier molecular flexibility index (Phi) is 10.9. The molecule has 0 aromatic rings. The first-order chi connectivity index (χ1) is 2.81. The van der Waals surface area contributed by atoms with Gasteiger partial charge in [-0.25, -0.2) is 0 Å². The van der Waals surface area contributed by atoms with Crippen LogP contribution in [0.25, 0.3) is 0 Å². The molecule has 0 aliphatic carbocycles. The van der Waals surface area contributed by atoms with Crippen molar-refractivity contribution in [1.29, 1.82) is 0 Å². The van der Waals surface area contributed by atoms with Gasteiger partial charge in [0.05, 0.1) is 0 Å². The summed E-state index contributed by atoms with van der Waals surface area (Å²) in [5.74, 6) is 0. The number of hydrogen-bond donors (Lipinski definition) is 0. The molecular formula is C5H9ITe. The fourth-order valence-corrected chi connectivity index (χ4v) is 0.456. The molecule has 0 aliphatic rings. The van der Waals surface area contributed by atoms with Gasteiger partial charge in [0, 0.05) is 0 Å². The monoisotopic (exact) mass is 326 g/mol. The minimum absolute atomic E-state index is 0. The van der Waals surface area contributed by atoms with Crippen molar-refractivity contribution in [1.82, 2.24) is 0 Å². The van der Waals surface area contributed by atoms with Crippen molar-refractivity contribution >= 4 is 19.6 Å². The minimum atomic E-state index is -0.878. The molecule has 0 rings (SSSR count). The summed E-state index contributed by atoms with van der Waals surface area (Å²) in [6.45, 7) is 7.27. The van der Waals surface area contributed by atoms with E-state index in [9.17, 15) is 0 Å². The third-order valence-electron chi connectivity index (χ3n) is 0.526. The van der Waals surface area contributed by atoms with E-state index >= 15 is 0 Å². The fourth-order valence-electron chi connectivity index (χ4n) is 0.0680. The van der Waals surface area contributed by atoms with Gasteiger partial charge in [-0.1, -0.05) is 0 Å². The summed E-state index contributed by atoms with van der Waals surface area (Å²) in [7, 11) is 0. The Labute approximate surface area is 69.3 Å². The summed E-state index contributed by atoms with van der Waals surface area (Å²) in [6.07, 6.45) is 0.